The van der Waals surface area contributed by atoms with Crippen LogP contribution in [0.4, 0.5) is 4.39 Å². The van der Waals surface area contributed by atoms with Crippen molar-refractivity contribution in [3.63, 3.8) is 0 Å². The van der Waals surface area contributed by atoms with Crippen molar-refractivity contribution < 1.29 is 18.7 Å². The Morgan fingerprint density at radius 3 is 2.33 bits per heavy atom. The van der Waals surface area contributed by atoms with Gasteiger partial charge in [-0.25, -0.2) is 4.39 Å². The molecule has 0 atom stereocenters. The molecule has 0 saturated carbocycles. The van der Waals surface area contributed by atoms with E-state index < -0.39 is 0 Å². The number of halogens is 1. The van der Waals surface area contributed by atoms with E-state index in [9.17, 15) is 9.18 Å². The quantitative estimate of drug-likeness (QED) is 0.804. The standard InChI is InChI=1S/C19H22FNO3/c1-3-23-17-10-5-14(13-18(17)24-4-2)11-12-21-19(22)15-6-8-16(20)9-7-15/h5-10,13H,3-4,11-12H2,1-2H3,(H,21,22). The smallest absolute Gasteiger partial charge is 0.251 e. The van der Waals surface area contributed by atoms with E-state index in [1.807, 2.05) is 32.0 Å². The van der Waals surface area contributed by atoms with Gasteiger partial charge in [0.15, 0.2) is 11.5 Å². The Hall–Kier alpha value is -2.56. The summed E-state index contributed by atoms with van der Waals surface area (Å²) >= 11 is 0. The fraction of sp³-hybridized carbons (Fsp3) is 0.316. The van der Waals surface area contributed by atoms with Crippen molar-refractivity contribution in [1.82, 2.24) is 5.32 Å². The summed E-state index contributed by atoms with van der Waals surface area (Å²) in [7, 11) is 0. The second-order valence-electron chi connectivity index (χ2n) is 5.16. The summed E-state index contributed by atoms with van der Waals surface area (Å²) in [5.41, 5.74) is 1.49. The number of hydrogen-bond donors (Lipinski definition) is 1. The first kappa shape index (κ1) is 17.8. The maximum Gasteiger partial charge on any atom is 0.251 e. The zero-order chi connectivity index (χ0) is 17.4. The summed E-state index contributed by atoms with van der Waals surface area (Å²) in [5.74, 6) is 0.857. The Balaban J connectivity index is 1.92. The minimum atomic E-state index is -0.357. The first-order chi connectivity index (χ1) is 11.6. The predicted molar refractivity (Wildman–Crippen MR) is 91.2 cm³/mol. The molecule has 0 fully saturated rings. The van der Waals surface area contributed by atoms with Crippen molar-refractivity contribution in [2.24, 2.45) is 0 Å². The normalized spacial score (nSPS) is 10.3. The summed E-state index contributed by atoms with van der Waals surface area (Å²) in [5, 5.41) is 2.82. The van der Waals surface area contributed by atoms with Crippen molar-refractivity contribution in [2.75, 3.05) is 19.8 Å². The number of hydrogen-bond acceptors (Lipinski definition) is 3. The number of ether oxygens (including phenoxy) is 2. The maximum atomic E-state index is 12.9. The highest BCUT2D eigenvalue weighted by Gasteiger charge is 2.08. The van der Waals surface area contributed by atoms with Crippen LogP contribution < -0.4 is 14.8 Å². The van der Waals surface area contributed by atoms with Gasteiger partial charge in [-0.15, -0.1) is 0 Å². The Morgan fingerprint density at radius 1 is 1.00 bits per heavy atom. The van der Waals surface area contributed by atoms with Gasteiger partial charge in [0.2, 0.25) is 0 Å². The van der Waals surface area contributed by atoms with Gasteiger partial charge in [-0.2, -0.15) is 0 Å². The zero-order valence-corrected chi connectivity index (χ0v) is 14.0. The van der Waals surface area contributed by atoms with Gasteiger partial charge in [0, 0.05) is 12.1 Å². The monoisotopic (exact) mass is 331 g/mol. The van der Waals surface area contributed by atoms with Crippen molar-refractivity contribution in [3.8, 4) is 11.5 Å². The Bertz CT molecular complexity index is 671. The van der Waals surface area contributed by atoms with E-state index in [1.165, 1.54) is 24.3 Å². The molecule has 5 heteroatoms. The maximum absolute atomic E-state index is 12.9. The largest absolute Gasteiger partial charge is 0.490 e. The average molecular weight is 331 g/mol. The van der Waals surface area contributed by atoms with Crippen molar-refractivity contribution in [1.29, 1.82) is 0 Å². The number of benzene rings is 2. The zero-order valence-electron chi connectivity index (χ0n) is 14.0. The third-order valence-electron chi connectivity index (χ3n) is 3.41. The van der Waals surface area contributed by atoms with E-state index in [-0.39, 0.29) is 11.7 Å². The number of nitrogens with one attached hydrogen (secondary N) is 1. The predicted octanol–water partition coefficient (Wildman–Crippen LogP) is 3.60. The highest BCUT2D eigenvalue weighted by Crippen LogP contribution is 2.28. The first-order valence-electron chi connectivity index (χ1n) is 8.06. The topological polar surface area (TPSA) is 47.6 Å². The van der Waals surface area contributed by atoms with Crippen LogP contribution in [0.1, 0.15) is 29.8 Å². The molecule has 0 aromatic heterocycles. The van der Waals surface area contributed by atoms with E-state index in [0.717, 1.165) is 11.3 Å². The van der Waals surface area contributed by atoms with Crippen LogP contribution in [0.15, 0.2) is 42.5 Å². The van der Waals surface area contributed by atoms with Crippen LogP contribution in [-0.4, -0.2) is 25.7 Å². The minimum Gasteiger partial charge on any atom is -0.490 e. The average Bonchev–Trinajstić information content (AvgIpc) is 2.58. The summed E-state index contributed by atoms with van der Waals surface area (Å²) < 4.78 is 24.0. The Kier molecular flexibility index (Phi) is 6.61. The van der Waals surface area contributed by atoms with Gasteiger partial charge < -0.3 is 14.8 Å². The molecule has 4 nitrogen and oxygen atoms in total. The van der Waals surface area contributed by atoms with E-state index in [1.54, 1.807) is 0 Å². The molecule has 0 aliphatic rings. The molecule has 128 valence electrons. The third kappa shape index (κ3) is 4.98. The van der Waals surface area contributed by atoms with E-state index in [0.29, 0.717) is 37.5 Å². The molecule has 0 heterocycles. The molecule has 0 saturated heterocycles. The lowest BCUT2D eigenvalue weighted by molar-refractivity contribution is 0.0954. The highest BCUT2D eigenvalue weighted by molar-refractivity contribution is 5.94. The van der Waals surface area contributed by atoms with Gasteiger partial charge in [0.25, 0.3) is 5.91 Å². The fourth-order valence-electron chi connectivity index (χ4n) is 2.27. The van der Waals surface area contributed by atoms with Gasteiger partial charge in [-0.3, -0.25) is 4.79 Å². The molecular weight excluding hydrogens is 309 g/mol. The van der Waals surface area contributed by atoms with Crippen LogP contribution in [0.3, 0.4) is 0 Å². The summed E-state index contributed by atoms with van der Waals surface area (Å²) in [6, 6.07) is 11.2. The van der Waals surface area contributed by atoms with Crippen LogP contribution in [0.2, 0.25) is 0 Å². The number of amides is 1. The second kappa shape index (κ2) is 8.91. The lowest BCUT2D eigenvalue weighted by Crippen LogP contribution is -2.25. The van der Waals surface area contributed by atoms with Crippen LogP contribution >= 0.6 is 0 Å². The van der Waals surface area contributed by atoms with Crippen molar-refractivity contribution in [2.45, 2.75) is 20.3 Å². The molecule has 0 bridgehead atoms. The van der Waals surface area contributed by atoms with Gasteiger partial charge in [0.1, 0.15) is 5.82 Å². The SMILES string of the molecule is CCOc1ccc(CCNC(=O)c2ccc(F)cc2)cc1OCC. The summed E-state index contributed by atoms with van der Waals surface area (Å²) in [6.07, 6.45) is 0.666. The fourth-order valence-corrected chi connectivity index (χ4v) is 2.27. The van der Waals surface area contributed by atoms with Gasteiger partial charge >= 0.3 is 0 Å². The van der Waals surface area contributed by atoms with Crippen molar-refractivity contribution in [3.05, 3.63) is 59.4 Å². The lowest BCUT2D eigenvalue weighted by Gasteiger charge is -2.12. The van der Waals surface area contributed by atoms with E-state index in [2.05, 4.69) is 5.32 Å². The number of carbonyl (C=O) groups excluding carboxylic acids is 1. The first-order valence-corrected chi connectivity index (χ1v) is 8.06. The van der Waals surface area contributed by atoms with E-state index in [4.69, 9.17) is 9.47 Å². The van der Waals surface area contributed by atoms with E-state index >= 15 is 0 Å². The van der Waals surface area contributed by atoms with Crippen LogP contribution in [0.25, 0.3) is 0 Å². The van der Waals surface area contributed by atoms with Gasteiger partial charge in [0.05, 0.1) is 13.2 Å². The molecule has 2 aromatic rings. The van der Waals surface area contributed by atoms with Gasteiger partial charge in [-0.1, -0.05) is 6.07 Å². The van der Waals surface area contributed by atoms with Crippen molar-refractivity contribution >= 4 is 5.91 Å². The molecule has 0 aliphatic carbocycles. The van der Waals surface area contributed by atoms with Crippen LogP contribution in [0, 0.1) is 5.82 Å². The minimum absolute atomic E-state index is 0.217. The van der Waals surface area contributed by atoms with Gasteiger partial charge in [-0.05, 0) is 62.2 Å². The highest BCUT2D eigenvalue weighted by atomic mass is 19.1. The molecular formula is C19H22FNO3. The third-order valence-corrected chi connectivity index (χ3v) is 3.41. The number of carbonyl (C=O) groups is 1. The Morgan fingerprint density at radius 2 is 1.67 bits per heavy atom. The lowest BCUT2D eigenvalue weighted by atomic mass is 10.1. The molecule has 2 aromatic carbocycles. The molecule has 1 amide bonds. The Labute approximate surface area is 141 Å². The molecule has 2 rings (SSSR count). The molecule has 24 heavy (non-hydrogen) atoms. The molecule has 0 radical (unpaired) electrons. The second-order valence-corrected chi connectivity index (χ2v) is 5.16. The van der Waals surface area contributed by atoms with Crippen LogP contribution in [-0.2, 0) is 6.42 Å². The van der Waals surface area contributed by atoms with Crippen LogP contribution in [0.5, 0.6) is 11.5 Å². The molecule has 0 unspecified atom stereocenters. The molecule has 0 spiro atoms. The summed E-state index contributed by atoms with van der Waals surface area (Å²) in [4.78, 5) is 12.0. The number of rotatable bonds is 8. The molecule has 1 N–H and O–H groups in total. The summed E-state index contributed by atoms with van der Waals surface area (Å²) in [6.45, 7) is 5.47. The molecule has 0 aliphatic heterocycles.